The topological polar surface area (TPSA) is 76.8 Å². The van der Waals surface area contributed by atoms with E-state index in [2.05, 4.69) is 0 Å². The number of halogens is 3. The third-order valence-corrected chi connectivity index (χ3v) is 5.04. The number of ether oxygens (including phenoxy) is 1. The molecule has 0 N–H and O–H groups in total. The highest BCUT2D eigenvalue weighted by atomic mass is 32.2. The predicted molar refractivity (Wildman–Crippen MR) is 89.9 cm³/mol. The van der Waals surface area contributed by atoms with Crippen LogP contribution in [-0.2, 0) is 32.3 Å². The number of rotatable bonds is 6. The lowest BCUT2D eigenvalue weighted by molar-refractivity contribution is -0.139. The lowest BCUT2D eigenvalue weighted by Crippen LogP contribution is -2.21. The zero-order valence-corrected chi connectivity index (χ0v) is 15.2. The first-order valence-corrected chi connectivity index (χ1v) is 8.97. The number of furan rings is 1. The van der Waals surface area contributed by atoms with E-state index >= 15 is 0 Å². The van der Waals surface area contributed by atoms with Gasteiger partial charge in [0.05, 0.1) is 5.56 Å². The molecule has 2 aromatic rings. The zero-order valence-electron chi connectivity index (χ0n) is 14.4. The molecule has 0 saturated carbocycles. The van der Waals surface area contributed by atoms with Crippen LogP contribution in [0.4, 0.5) is 13.2 Å². The minimum atomic E-state index is -4.48. The van der Waals surface area contributed by atoms with Crippen molar-refractivity contribution in [1.29, 1.82) is 0 Å². The predicted octanol–water partition coefficient (Wildman–Crippen LogP) is 3.31. The molecule has 0 amide bonds. The van der Waals surface area contributed by atoms with Gasteiger partial charge in [0.15, 0.2) is 0 Å². The van der Waals surface area contributed by atoms with Crippen molar-refractivity contribution in [3.8, 4) is 0 Å². The van der Waals surface area contributed by atoms with Crippen molar-refractivity contribution in [3.05, 3.63) is 59.4 Å². The molecule has 1 heterocycles. The Morgan fingerprint density at radius 3 is 2.56 bits per heavy atom. The van der Waals surface area contributed by atoms with Crippen LogP contribution in [0.2, 0.25) is 0 Å². The van der Waals surface area contributed by atoms with E-state index in [9.17, 15) is 26.4 Å². The number of benzene rings is 1. The molecule has 0 radical (unpaired) electrons. The maximum atomic E-state index is 12.6. The van der Waals surface area contributed by atoms with Crippen LogP contribution in [0.1, 0.15) is 16.9 Å². The van der Waals surface area contributed by atoms with Gasteiger partial charge < -0.3 is 9.15 Å². The van der Waals surface area contributed by atoms with Crippen LogP contribution in [-0.4, -0.2) is 32.8 Å². The molecule has 0 atom stereocenters. The van der Waals surface area contributed by atoms with Crippen molar-refractivity contribution in [2.75, 3.05) is 14.1 Å². The summed E-state index contributed by atoms with van der Waals surface area (Å²) in [6.07, 6.45) is -2.33. The van der Waals surface area contributed by atoms with E-state index in [1.165, 1.54) is 44.4 Å². The van der Waals surface area contributed by atoms with Gasteiger partial charge in [0.25, 0.3) is 10.0 Å². The SMILES string of the molecule is CN(C)S(=O)(=O)c1ccc(COC(=O)/C=C/c2cccc(C(F)(F)F)c2)o1. The number of nitrogens with zero attached hydrogens (tertiary/aromatic N) is 1. The summed E-state index contributed by atoms with van der Waals surface area (Å²) in [5.41, 5.74) is -0.651. The average molecular weight is 403 g/mol. The fourth-order valence-electron chi connectivity index (χ4n) is 1.93. The third-order valence-electron chi connectivity index (χ3n) is 3.35. The molecule has 1 aromatic carbocycles. The van der Waals surface area contributed by atoms with Crippen molar-refractivity contribution in [2.45, 2.75) is 17.9 Å². The highest BCUT2D eigenvalue weighted by Gasteiger charge is 2.30. The van der Waals surface area contributed by atoms with E-state index in [1.54, 1.807) is 0 Å². The summed E-state index contributed by atoms with van der Waals surface area (Å²) in [7, 11) is -1.05. The summed E-state index contributed by atoms with van der Waals surface area (Å²) >= 11 is 0. The monoisotopic (exact) mass is 403 g/mol. The molecule has 0 spiro atoms. The number of hydrogen-bond acceptors (Lipinski definition) is 5. The van der Waals surface area contributed by atoms with Gasteiger partial charge in [0.1, 0.15) is 12.4 Å². The minimum Gasteiger partial charge on any atom is -0.454 e. The first-order chi connectivity index (χ1) is 12.5. The van der Waals surface area contributed by atoms with E-state index in [4.69, 9.17) is 9.15 Å². The van der Waals surface area contributed by atoms with Crippen LogP contribution in [0, 0.1) is 0 Å². The Kier molecular flexibility index (Phi) is 6.11. The Morgan fingerprint density at radius 2 is 1.93 bits per heavy atom. The van der Waals surface area contributed by atoms with Crippen molar-refractivity contribution < 1.29 is 35.5 Å². The van der Waals surface area contributed by atoms with Crippen molar-refractivity contribution in [2.24, 2.45) is 0 Å². The molecule has 0 bridgehead atoms. The Labute approximate surface area is 153 Å². The van der Waals surface area contributed by atoms with Gasteiger partial charge >= 0.3 is 12.1 Å². The summed E-state index contributed by atoms with van der Waals surface area (Å²) < 4.78 is 72.6. The first kappa shape index (κ1) is 20.7. The Bertz CT molecular complexity index is 945. The summed E-state index contributed by atoms with van der Waals surface area (Å²) in [4.78, 5) is 11.7. The first-order valence-electron chi connectivity index (χ1n) is 7.53. The number of carbonyl (C=O) groups is 1. The maximum absolute atomic E-state index is 12.6. The number of carbonyl (C=O) groups excluding carboxylic acids is 1. The normalized spacial score (nSPS) is 12.7. The molecule has 6 nitrogen and oxygen atoms in total. The van der Waals surface area contributed by atoms with E-state index in [1.807, 2.05) is 0 Å². The molecule has 2 rings (SSSR count). The van der Waals surface area contributed by atoms with Gasteiger partial charge in [0, 0.05) is 20.2 Å². The zero-order chi connectivity index (χ0) is 20.2. The molecular weight excluding hydrogens is 387 g/mol. The molecule has 0 unspecified atom stereocenters. The number of sulfonamides is 1. The lowest BCUT2D eigenvalue weighted by Gasteiger charge is -2.07. The van der Waals surface area contributed by atoms with Gasteiger partial charge in [-0.2, -0.15) is 13.2 Å². The van der Waals surface area contributed by atoms with Crippen LogP contribution in [0.3, 0.4) is 0 Å². The van der Waals surface area contributed by atoms with Gasteiger partial charge in [-0.05, 0) is 35.9 Å². The van der Waals surface area contributed by atoms with E-state index < -0.39 is 27.7 Å². The lowest BCUT2D eigenvalue weighted by atomic mass is 10.1. The minimum absolute atomic E-state index is 0.108. The summed E-state index contributed by atoms with van der Waals surface area (Å²) in [5, 5.41) is -0.293. The summed E-state index contributed by atoms with van der Waals surface area (Å²) in [6, 6.07) is 7.03. The second-order valence-electron chi connectivity index (χ2n) is 5.57. The Balaban J connectivity index is 1.97. The molecular formula is C17H16F3NO5S. The van der Waals surface area contributed by atoms with Crippen LogP contribution in [0.25, 0.3) is 6.08 Å². The van der Waals surface area contributed by atoms with E-state index in [0.717, 1.165) is 22.5 Å². The molecule has 0 aliphatic rings. The number of hydrogen-bond donors (Lipinski definition) is 0. The maximum Gasteiger partial charge on any atom is 0.416 e. The average Bonchev–Trinajstić information content (AvgIpc) is 3.07. The molecule has 146 valence electrons. The van der Waals surface area contributed by atoms with Gasteiger partial charge in [0.2, 0.25) is 5.09 Å². The molecule has 0 aliphatic carbocycles. The van der Waals surface area contributed by atoms with Gasteiger partial charge in [-0.1, -0.05) is 12.1 Å². The summed E-state index contributed by atoms with van der Waals surface area (Å²) in [5.74, 6) is -0.711. The highest BCUT2D eigenvalue weighted by Crippen LogP contribution is 2.29. The molecule has 27 heavy (non-hydrogen) atoms. The molecule has 0 fully saturated rings. The van der Waals surface area contributed by atoms with Crippen LogP contribution < -0.4 is 0 Å². The van der Waals surface area contributed by atoms with Crippen molar-refractivity contribution in [1.82, 2.24) is 4.31 Å². The second-order valence-corrected chi connectivity index (χ2v) is 7.66. The summed E-state index contributed by atoms with van der Waals surface area (Å²) in [6.45, 7) is -0.325. The van der Waals surface area contributed by atoms with Gasteiger partial charge in [-0.25, -0.2) is 17.5 Å². The number of esters is 1. The molecule has 10 heteroatoms. The fraction of sp³-hybridized carbons (Fsp3) is 0.235. The Hall–Kier alpha value is -2.59. The quantitative estimate of drug-likeness (QED) is 0.546. The van der Waals surface area contributed by atoms with Crippen LogP contribution >= 0.6 is 0 Å². The largest absolute Gasteiger partial charge is 0.454 e. The molecule has 0 saturated heterocycles. The second kappa shape index (κ2) is 7.97. The molecule has 0 aliphatic heterocycles. The van der Waals surface area contributed by atoms with Crippen molar-refractivity contribution in [3.63, 3.8) is 0 Å². The number of alkyl halides is 3. The smallest absolute Gasteiger partial charge is 0.416 e. The van der Waals surface area contributed by atoms with Crippen LogP contribution in [0.5, 0.6) is 0 Å². The Morgan fingerprint density at radius 1 is 1.22 bits per heavy atom. The van der Waals surface area contributed by atoms with Crippen molar-refractivity contribution >= 4 is 22.1 Å². The van der Waals surface area contributed by atoms with E-state index in [-0.39, 0.29) is 23.0 Å². The van der Waals surface area contributed by atoms with Crippen LogP contribution in [0.15, 0.2) is 52.0 Å². The fourth-order valence-corrected chi connectivity index (χ4v) is 2.74. The molecule has 1 aromatic heterocycles. The van der Waals surface area contributed by atoms with Gasteiger partial charge in [-0.3, -0.25) is 0 Å². The highest BCUT2D eigenvalue weighted by molar-refractivity contribution is 7.88. The van der Waals surface area contributed by atoms with Gasteiger partial charge in [-0.15, -0.1) is 0 Å². The van der Waals surface area contributed by atoms with E-state index in [0.29, 0.717) is 0 Å². The standard InChI is InChI=1S/C17H16F3NO5S/c1-21(2)27(23,24)16-9-7-14(26-16)11-25-15(22)8-6-12-4-3-5-13(10-12)17(18,19)20/h3-10H,11H2,1-2H3/b8-6+. The third kappa shape index (κ3) is 5.44.